The van der Waals surface area contributed by atoms with Crippen molar-refractivity contribution < 1.29 is 4.74 Å². The molecule has 3 aromatic rings. The summed E-state index contributed by atoms with van der Waals surface area (Å²) in [5.74, 6) is 0.846. The van der Waals surface area contributed by atoms with E-state index in [0.29, 0.717) is 0 Å². The molecule has 0 bridgehead atoms. The van der Waals surface area contributed by atoms with Gasteiger partial charge < -0.3 is 10.1 Å². The lowest BCUT2D eigenvalue weighted by Gasteiger charge is -2.01. The largest absolute Gasteiger partial charge is 0.497 e. The van der Waals surface area contributed by atoms with E-state index < -0.39 is 0 Å². The lowest BCUT2D eigenvalue weighted by atomic mass is 10.1. The van der Waals surface area contributed by atoms with Crippen LogP contribution < -0.4 is 10.1 Å². The number of benzene rings is 1. The number of hydrogen-bond acceptors (Lipinski definition) is 4. The van der Waals surface area contributed by atoms with Gasteiger partial charge in [0.05, 0.1) is 18.5 Å². The van der Waals surface area contributed by atoms with Crippen LogP contribution in [-0.4, -0.2) is 27.1 Å². The summed E-state index contributed by atoms with van der Waals surface area (Å²) >= 11 is 0. The highest BCUT2D eigenvalue weighted by atomic mass is 16.5. The fourth-order valence-corrected chi connectivity index (χ4v) is 2.59. The Kier molecular flexibility index (Phi) is 4.96. The van der Waals surface area contributed by atoms with Crippen LogP contribution in [0.5, 0.6) is 5.75 Å². The molecule has 0 aliphatic rings. The van der Waals surface area contributed by atoms with Crippen LogP contribution in [-0.2, 0) is 19.6 Å². The van der Waals surface area contributed by atoms with Crippen molar-refractivity contribution in [3.05, 3.63) is 53.5 Å². The Labute approximate surface area is 141 Å². The van der Waals surface area contributed by atoms with Crippen LogP contribution in [0.3, 0.4) is 0 Å². The molecule has 0 spiro atoms. The molecule has 0 unspecified atom stereocenters. The molecule has 2 heterocycles. The molecule has 126 valence electrons. The van der Waals surface area contributed by atoms with Crippen LogP contribution in [0.4, 0.5) is 0 Å². The number of H-pyrrole nitrogens is 1. The number of aryl methyl sites for hydroxylation is 2. The smallest absolute Gasteiger partial charge is 0.118 e. The molecular formula is C18H23N5O. The minimum Gasteiger partial charge on any atom is -0.497 e. The summed E-state index contributed by atoms with van der Waals surface area (Å²) < 4.78 is 7.14. The van der Waals surface area contributed by atoms with Crippen LogP contribution in [0, 0.1) is 6.92 Å². The van der Waals surface area contributed by atoms with E-state index in [9.17, 15) is 0 Å². The SMILES string of the molecule is CCn1cc(CNCc2cc(-c3ccc(OC)cc3)n[nH]2)c(C)n1. The number of aromatic amines is 1. The number of methoxy groups -OCH3 is 1. The van der Waals surface area contributed by atoms with Gasteiger partial charge in [0.25, 0.3) is 0 Å². The molecule has 6 nitrogen and oxygen atoms in total. The third-order valence-electron chi connectivity index (χ3n) is 4.02. The molecule has 0 fully saturated rings. The fourth-order valence-electron chi connectivity index (χ4n) is 2.59. The zero-order valence-electron chi connectivity index (χ0n) is 14.3. The summed E-state index contributed by atoms with van der Waals surface area (Å²) in [7, 11) is 1.67. The van der Waals surface area contributed by atoms with Crippen molar-refractivity contribution in [2.45, 2.75) is 33.5 Å². The first kappa shape index (κ1) is 16.3. The van der Waals surface area contributed by atoms with E-state index in [-0.39, 0.29) is 0 Å². The Morgan fingerprint density at radius 1 is 1.21 bits per heavy atom. The number of hydrogen-bond donors (Lipinski definition) is 2. The van der Waals surface area contributed by atoms with Crippen LogP contribution in [0.15, 0.2) is 36.5 Å². The van der Waals surface area contributed by atoms with Crippen molar-refractivity contribution in [2.75, 3.05) is 7.11 Å². The topological polar surface area (TPSA) is 67.8 Å². The Morgan fingerprint density at radius 3 is 2.67 bits per heavy atom. The molecular weight excluding hydrogens is 302 g/mol. The van der Waals surface area contributed by atoms with Gasteiger partial charge in [0.2, 0.25) is 0 Å². The normalized spacial score (nSPS) is 11.0. The van der Waals surface area contributed by atoms with Crippen LogP contribution in [0.25, 0.3) is 11.3 Å². The maximum atomic E-state index is 5.18. The first-order chi connectivity index (χ1) is 11.7. The summed E-state index contributed by atoms with van der Waals surface area (Å²) in [6.07, 6.45) is 2.10. The molecule has 0 atom stereocenters. The molecule has 24 heavy (non-hydrogen) atoms. The Balaban J connectivity index is 1.58. The van der Waals surface area contributed by atoms with E-state index in [1.165, 1.54) is 5.56 Å². The molecule has 0 saturated heterocycles. The first-order valence-corrected chi connectivity index (χ1v) is 8.12. The van der Waals surface area contributed by atoms with E-state index in [1.807, 2.05) is 35.9 Å². The number of aromatic nitrogens is 4. The Morgan fingerprint density at radius 2 is 2.00 bits per heavy atom. The minimum absolute atomic E-state index is 0.736. The Bertz CT molecular complexity index is 788. The van der Waals surface area contributed by atoms with E-state index in [2.05, 4.69) is 39.8 Å². The quantitative estimate of drug-likeness (QED) is 0.701. The van der Waals surface area contributed by atoms with Gasteiger partial charge in [0.1, 0.15) is 5.75 Å². The zero-order chi connectivity index (χ0) is 16.9. The highest BCUT2D eigenvalue weighted by Crippen LogP contribution is 2.21. The number of nitrogens with zero attached hydrogens (tertiary/aromatic N) is 3. The second kappa shape index (κ2) is 7.31. The van der Waals surface area contributed by atoms with E-state index >= 15 is 0 Å². The van der Waals surface area contributed by atoms with Crippen molar-refractivity contribution in [3.8, 4) is 17.0 Å². The van der Waals surface area contributed by atoms with Gasteiger partial charge in [-0.15, -0.1) is 0 Å². The molecule has 3 rings (SSSR count). The summed E-state index contributed by atoms with van der Waals surface area (Å²) in [5.41, 5.74) is 5.36. The molecule has 0 amide bonds. The van der Waals surface area contributed by atoms with Gasteiger partial charge in [0, 0.05) is 42.7 Å². The average Bonchev–Trinajstić information content (AvgIpc) is 3.22. The van der Waals surface area contributed by atoms with Crippen LogP contribution in [0.2, 0.25) is 0 Å². The summed E-state index contributed by atoms with van der Waals surface area (Å²) in [6, 6.07) is 9.97. The van der Waals surface area contributed by atoms with Gasteiger partial charge in [-0.05, 0) is 44.2 Å². The Hall–Kier alpha value is -2.60. The number of ether oxygens (including phenoxy) is 1. The van der Waals surface area contributed by atoms with Crippen molar-refractivity contribution in [1.82, 2.24) is 25.3 Å². The summed E-state index contributed by atoms with van der Waals surface area (Å²) in [6.45, 7) is 6.56. The number of rotatable bonds is 7. The van der Waals surface area contributed by atoms with Gasteiger partial charge >= 0.3 is 0 Å². The van der Waals surface area contributed by atoms with Gasteiger partial charge in [-0.25, -0.2) is 0 Å². The van der Waals surface area contributed by atoms with Crippen molar-refractivity contribution in [3.63, 3.8) is 0 Å². The monoisotopic (exact) mass is 325 g/mol. The molecule has 2 N–H and O–H groups in total. The van der Waals surface area contributed by atoms with Gasteiger partial charge in [-0.2, -0.15) is 10.2 Å². The molecule has 0 aliphatic carbocycles. The second-order valence-electron chi connectivity index (χ2n) is 5.71. The lowest BCUT2D eigenvalue weighted by Crippen LogP contribution is -2.13. The predicted octanol–water partition coefficient (Wildman–Crippen LogP) is 2.90. The van der Waals surface area contributed by atoms with Gasteiger partial charge in [-0.3, -0.25) is 9.78 Å². The minimum atomic E-state index is 0.736. The molecule has 2 aromatic heterocycles. The van der Waals surface area contributed by atoms with Crippen molar-refractivity contribution in [2.24, 2.45) is 0 Å². The molecule has 6 heteroatoms. The number of nitrogens with one attached hydrogen (secondary N) is 2. The van der Waals surface area contributed by atoms with Crippen molar-refractivity contribution >= 4 is 0 Å². The maximum absolute atomic E-state index is 5.18. The molecule has 0 saturated carbocycles. The van der Waals surface area contributed by atoms with Gasteiger partial charge in [-0.1, -0.05) is 0 Å². The second-order valence-corrected chi connectivity index (χ2v) is 5.71. The summed E-state index contributed by atoms with van der Waals surface area (Å²) in [4.78, 5) is 0. The van der Waals surface area contributed by atoms with E-state index in [4.69, 9.17) is 4.74 Å². The van der Waals surface area contributed by atoms with Gasteiger partial charge in [0.15, 0.2) is 0 Å². The zero-order valence-corrected chi connectivity index (χ0v) is 14.3. The fraction of sp³-hybridized carbons (Fsp3) is 0.333. The molecule has 1 aromatic carbocycles. The summed E-state index contributed by atoms with van der Waals surface area (Å²) in [5, 5.41) is 15.4. The van der Waals surface area contributed by atoms with Crippen LogP contribution >= 0.6 is 0 Å². The highest BCUT2D eigenvalue weighted by molar-refractivity contribution is 5.60. The maximum Gasteiger partial charge on any atom is 0.118 e. The van der Waals surface area contributed by atoms with E-state index in [0.717, 1.165) is 48.0 Å². The average molecular weight is 325 g/mol. The lowest BCUT2D eigenvalue weighted by molar-refractivity contribution is 0.415. The molecule has 0 radical (unpaired) electrons. The molecule has 0 aliphatic heterocycles. The first-order valence-electron chi connectivity index (χ1n) is 8.12. The highest BCUT2D eigenvalue weighted by Gasteiger charge is 2.06. The standard InChI is InChI=1S/C18H23N5O/c1-4-23-12-15(13(2)22-23)10-19-11-16-9-18(21-20-16)14-5-7-17(24-3)8-6-14/h5-9,12,19H,4,10-11H2,1-3H3,(H,20,21). The third kappa shape index (κ3) is 3.65. The predicted molar refractivity (Wildman–Crippen MR) is 93.8 cm³/mol. The van der Waals surface area contributed by atoms with Crippen LogP contribution in [0.1, 0.15) is 23.9 Å². The van der Waals surface area contributed by atoms with Crippen molar-refractivity contribution in [1.29, 1.82) is 0 Å². The third-order valence-corrected chi connectivity index (χ3v) is 4.02. The van der Waals surface area contributed by atoms with E-state index in [1.54, 1.807) is 7.11 Å².